The highest BCUT2D eigenvalue weighted by Crippen LogP contribution is 2.24. The minimum absolute atomic E-state index is 0.00296. The second kappa shape index (κ2) is 5.72. The number of benzene rings is 1. The lowest BCUT2D eigenvalue weighted by atomic mass is 10.1. The zero-order valence-corrected chi connectivity index (χ0v) is 13.1. The average Bonchev–Trinajstić information content (AvgIpc) is 3.21. The van der Waals surface area contributed by atoms with Gasteiger partial charge in [0.2, 0.25) is 0 Å². The predicted octanol–water partition coefficient (Wildman–Crippen LogP) is 3.17. The fraction of sp³-hybridized carbons (Fsp3) is 0.267. The van der Waals surface area contributed by atoms with Gasteiger partial charge in [0.1, 0.15) is 0 Å². The first kappa shape index (κ1) is 13.9. The molecular weight excluding hydrogens is 340 g/mol. The van der Waals surface area contributed by atoms with E-state index in [0.717, 1.165) is 29.7 Å². The van der Waals surface area contributed by atoms with Crippen molar-refractivity contribution in [3.8, 4) is 0 Å². The van der Waals surface area contributed by atoms with Crippen LogP contribution in [-0.4, -0.2) is 29.1 Å². The van der Waals surface area contributed by atoms with Crippen LogP contribution >= 0.6 is 27.5 Å². The normalized spacial score (nSPS) is 16.1. The number of hydrogen-bond acceptors (Lipinski definition) is 2. The Kier molecular flexibility index (Phi) is 3.96. The first-order valence-electron chi connectivity index (χ1n) is 6.49. The molecule has 104 valence electrons. The SMILES string of the molecule is O=c1cc(Br)ccn1C(CN1CC1)c1cccc(Cl)c1. The average molecular weight is 354 g/mol. The molecule has 0 spiro atoms. The van der Waals surface area contributed by atoms with Gasteiger partial charge in [0.25, 0.3) is 5.56 Å². The summed E-state index contributed by atoms with van der Waals surface area (Å²) in [5.74, 6) is 0. The van der Waals surface area contributed by atoms with E-state index in [1.807, 2.05) is 36.5 Å². The van der Waals surface area contributed by atoms with Crippen LogP contribution in [0.1, 0.15) is 11.6 Å². The zero-order valence-electron chi connectivity index (χ0n) is 10.8. The highest BCUT2D eigenvalue weighted by atomic mass is 79.9. The second-order valence-corrected chi connectivity index (χ2v) is 6.31. The summed E-state index contributed by atoms with van der Waals surface area (Å²) in [5, 5.41) is 0.698. The molecule has 20 heavy (non-hydrogen) atoms. The van der Waals surface area contributed by atoms with Crippen LogP contribution in [-0.2, 0) is 0 Å². The van der Waals surface area contributed by atoms with Crippen LogP contribution in [0.4, 0.5) is 0 Å². The van der Waals surface area contributed by atoms with Gasteiger partial charge in [-0.1, -0.05) is 39.7 Å². The van der Waals surface area contributed by atoms with Crippen molar-refractivity contribution in [3.05, 3.63) is 68.0 Å². The molecule has 1 aromatic heterocycles. The smallest absolute Gasteiger partial charge is 0.252 e. The van der Waals surface area contributed by atoms with Gasteiger partial charge in [-0.3, -0.25) is 9.69 Å². The van der Waals surface area contributed by atoms with E-state index < -0.39 is 0 Å². The van der Waals surface area contributed by atoms with E-state index in [9.17, 15) is 4.79 Å². The summed E-state index contributed by atoms with van der Waals surface area (Å²) in [7, 11) is 0. The van der Waals surface area contributed by atoms with Crippen molar-refractivity contribution in [3.63, 3.8) is 0 Å². The maximum atomic E-state index is 12.2. The van der Waals surface area contributed by atoms with Crippen molar-refractivity contribution in [2.45, 2.75) is 6.04 Å². The van der Waals surface area contributed by atoms with Crippen molar-refractivity contribution in [1.29, 1.82) is 0 Å². The topological polar surface area (TPSA) is 25.0 Å². The molecule has 1 aliphatic heterocycles. The van der Waals surface area contributed by atoms with Crippen LogP contribution in [0.15, 0.2) is 51.9 Å². The van der Waals surface area contributed by atoms with Crippen LogP contribution in [0.2, 0.25) is 5.02 Å². The van der Waals surface area contributed by atoms with Crippen LogP contribution in [0.25, 0.3) is 0 Å². The van der Waals surface area contributed by atoms with Crippen molar-refractivity contribution in [2.75, 3.05) is 19.6 Å². The van der Waals surface area contributed by atoms with Crippen LogP contribution < -0.4 is 5.56 Å². The van der Waals surface area contributed by atoms with Gasteiger partial charge >= 0.3 is 0 Å². The molecule has 0 radical (unpaired) electrons. The van der Waals surface area contributed by atoms with Crippen LogP contribution in [0.5, 0.6) is 0 Å². The maximum Gasteiger partial charge on any atom is 0.252 e. The standard InChI is InChI=1S/C15H14BrClN2O/c16-12-4-5-19(15(20)9-12)14(10-18-6-7-18)11-2-1-3-13(17)8-11/h1-5,8-9,14H,6-7,10H2. The fourth-order valence-electron chi connectivity index (χ4n) is 2.29. The third-order valence-corrected chi connectivity index (χ3v) is 4.18. The van der Waals surface area contributed by atoms with Gasteiger partial charge in [-0.25, -0.2) is 0 Å². The lowest BCUT2D eigenvalue weighted by molar-refractivity contribution is 0.436. The minimum atomic E-state index is -0.00815. The fourth-order valence-corrected chi connectivity index (χ4v) is 2.80. The van der Waals surface area contributed by atoms with Crippen molar-refractivity contribution >= 4 is 27.5 Å². The Hall–Kier alpha value is -1.10. The summed E-state index contributed by atoms with van der Waals surface area (Å²) in [6, 6.07) is 11.2. The van der Waals surface area contributed by atoms with Gasteiger partial charge in [0, 0.05) is 41.4 Å². The summed E-state index contributed by atoms with van der Waals surface area (Å²) < 4.78 is 2.57. The van der Waals surface area contributed by atoms with Gasteiger partial charge < -0.3 is 4.57 Å². The minimum Gasteiger partial charge on any atom is -0.307 e. The molecule has 1 aliphatic rings. The number of rotatable bonds is 4. The zero-order chi connectivity index (χ0) is 14.1. The molecule has 0 saturated carbocycles. The summed E-state index contributed by atoms with van der Waals surface area (Å²) in [5.41, 5.74) is 1.06. The first-order valence-corrected chi connectivity index (χ1v) is 7.66. The first-order chi connectivity index (χ1) is 9.63. The van der Waals surface area contributed by atoms with Gasteiger partial charge in [-0.15, -0.1) is 0 Å². The Morgan fingerprint density at radius 2 is 2.05 bits per heavy atom. The van der Waals surface area contributed by atoms with E-state index in [0.29, 0.717) is 5.02 Å². The molecule has 0 bridgehead atoms. The van der Waals surface area contributed by atoms with Gasteiger partial charge in [-0.2, -0.15) is 0 Å². The van der Waals surface area contributed by atoms with Gasteiger partial charge in [-0.05, 0) is 23.8 Å². The highest BCUT2D eigenvalue weighted by molar-refractivity contribution is 9.10. The molecular formula is C15H14BrClN2O. The lowest BCUT2D eigenvalue weighted by Gasteiger charge is -2.21. The molecule has 0 N–H and O–H groups in total. The van der Waals surface area contributed by atoms with E-state index in [1.54, 1.807) is 10.6 Å². The largest absolute Gasteiger partial charge is 0.307 e. The van der Waals surface area contributed by atoms with E-state index in [1.165, 1.54) is 0 Å². The van der Waals surface area contributed by atoms with Gasteiger partial charge in [0.15, 0.2) is 0 Å². The highest BCUT2D eigenvalue weighted by Gasteiger charge is 2.25. The molecule has 2 aromatic rings. The molecule has 1 aromatic carbocycles. The van der Waals surface area contributed by atoms with Crippen LogP contribution in [0, 0.1) is 0 Å². The Labute approximate surface area is 130 Å². The molecule has 3 nitrogen and oxygen atoms in total. The molecule has 0 aliphatic carbocycles. The molecule has 3 rings (SSSR count). The third kappa shape index (κ3) is 3.14. The Morgan fingerprint density at radius 3 is 2.70 bits per heavy atom. The van der Waals surface area contributed by atoms with Crippen molar-refractivity contribution < 1.29 is 0 Å². The molecule has 1 atom stereocenters. The predicted molar refractivity (Wildman–Crippen MR) is 84.4 cm³/mol. The Morgan fingerprint density at radius 1 is 1.25 bits per heavy atom. The van der Waals surface area contributed by atoms with Crippen molar-refractivity contribution in [1.82, 2.24) is 9.47 Å². The monoisotopic (exact) mass is 352 g/mol. The van der Waals surface area contributed by atoms with E-state index in [4.69, 9.17) is 11.6 Å². The summed E-state index contributed by atoms with van der Waals surface area (Å²) in [6.45, 7) is 3.03. The van der Waals surface area contributed by atoms with Gasteiger partial charge in [0.05, 0.1) is 6.04 Å². The van der Waals surface area contributed by atoms with E-state index in [2.05, 4.69) is 20.8 Å². The second-order valence-electron chi connectivity index (χ2n) is 4.96. The molecule has 5 heteroatoms. The summed E-state index contributed by atoms with van der Waals surface area (Å²) in [4.78, 5) is 14.5. The lowest BCUT2D eigenvalue weighted by Crippen LogP contribution is -2.29. The maximum absolute atomic E-state index is 12.2. The third-order valence-electron chi connectivity index (χ3n) is 3.45. The molecule has 2 heterocycles. The Bertz CT molecular complexity index is 682. The molecule has 1 saturated heterocycles. The van der Waals surface area contributed by atoms with Crippen molar-refractivity contribution in [2.24, 2.45) is 0 Å². The quantitative estimate of drug-likeness (QED) is 0.789. The molecule has 0 amide bonds. The number of halogens is 2. The van der Waals surface area contributed by atoms with E-state index >= 15 is 0 Å². The Balaban J connectivity index is 2.03. The summed E-state index contributed by atoms with van der Waals surface area (Å²) >= 11 is 9.42. The van der Waals surface area contributed by atoms with Crippen LogP contribution in [0.3, 0.4) is 0 Å². The summed E-state index contributed by atoms with van der Waals surface area (Å²) in [6.07, 6.45) is 1.83. The molecule has 1 fully saturated rings. The number of aromatic nitrogens is 1. The number of hydrogen-bond donors (Lipinski definition) is 0. The molecule has 1 unspecified atom stereocenters. The van der Waals surface area contributed by atoms with E-state index in [-0.39, 0.29) is 11.6 Å². The number of pyridine rings is 1. The number of nitrogens with zero attached hydrogens (tertiary/aromatic N) is 2.